The summed E-state index contributed by atoms with van der Waals surface area (Å²) in [5, 5.41) is 20.8. The first-order valence-corrected chi connectivity index (χ1v) is 3.65. The van der Waals surface area contributed by atoms with E-state index >= 15 is 0 Å². The smallest absolute Gasteiger partial charge is 0.258 e. The van der Waals surface area contributed by atoms with E-state index in [4.69, 9.17) is 0 Å². The third-order valence-electron chi connectivity index (χ3n) is 1.67. The average Bonchev–Trinajstić information content (AvgIpc) is 2.16. The number of benzene rings is 1. The molecule has 0 spiro atoms. The van der Waals surface area contributed by atoms with Crippen LogP contribution in [-0.2, 0) is 0 Å². The van der Waals surface area contributed by atoms with Gasteiger partial charge >= 0.3 is 0 Å². The SMILES string of the molecule is CN(c1ccccc1[N+](=O)[O-])[N+](=O)[O-]. The molecular formula is C7H7N3O4. The fourth-order valence-corrected chi connectivity index (χ4v) is 0.980. The number of hydrogen-bond donors (Lipinski definition) is 0. The second kappa shape index (κ2) is 3.69. The molecule has 0 amide bonds. The molecule has 0 aliphatic carbocycles. The first kappa shape index (κ1) is 9.90. The Bertz CT molecular complexity index is 379. The zero-order valence-electron chi connectivity index (χ0n) is 7.28. The van der Waals surface area contributed by atoms with Gasteiger partial charge in [0.25, 0.3) is 5.69 Å². The lowest BCUT2D eigenvalue weighted by Crippen LogP contribution is -2.25. The zero-order chi connectivity index (χ0) is 10.7. The maximum atomic E-state index is 10.5. The Morgan fingerprint density at radius 3 is 2.29 bits per heavy atom. The van der Waals surface area contributed by atoms with Crippen LogP contribution in [0.5, 0.6) is 0 Å². The van der Waals surface area contributed by atoms with Gasteiger partial charge in [0.15, 0.2) is 10.7 Å². The summed E-state index contributed by atoms with van der Waals surface area (Å²) in [7, 11) is 1.16. The lowest BCUT2D eigenvalue weighted by molar-refractivity contribution is -0.491. The molecule has 1 rings (SSSR count). The highest BCUT2D eigenvalue weighted by Gasteiger charge is 2.21. The Morgan fingerprint density at radius 2 is 1.79 bits per heavy atom. The summed E-state index contributed by atoms with van der Waals surface area (Å²) in [6.45, 7) is 0. The maximum Gasteiger partial charge on any atom is 0.298 e. The molecule has 0 unspecified atom stereocenters. The first-order chi connectivity index (χ1) is 6.54. The Kier molecular flexibility index (Phi) is 2.61. The van der Waals surface area contributed by atoms with Crippen LogP contribution in [0.2, 0.25) is 0 Å². The van der Waals surface area contributed by atoms with Crippen LogP contribution in [0.25, 0.3) is 0 Å². The molecule has 0 N–H and O–H groups in total. The van der Waals surface area contributed by atoms with Crippen molar-refractivity contribution in [1.29, 1.82) is 0 Å². The molecule has 0 heterocycles. The van der Waals surface area contributed by atoms with E-state index < -0.39 is 9.96 Å². The molecule has 14 heavy (non-hydrogen) atoms. The molecule has 0 saturated carbocycles. The molecular weight excluding hydrogens is 190 g/mol. The van der Waals surface area contributed by atoms with Crippen LogP contribution >= 0.6 is 0 Å². The van der Waals surface area contributed by atoms with Gasteiger partial charge in [-0.1, -0.05) is 17.1 Å². The van der Waals surface area contributed by atoms with Crippen LogP contribution < -0.4 is 5.01 Å². The first-order valence-electron chi connectivity index (χ1n) is 3.65. The van der Waals surface area contributed by atoms with E-state index in [1.807, 2.05) is 0 Å². The van der Waals surface area contributed by atoms with Crippen LogP contribution in [-0.4, -0.2) is 17.0 Å². The second-order valence-electron chi connectivity index (χ2n) is 2.51. The van der Waals surface area contributed by atoms with E-state index in [1.165, 1.54) is 24.3 Å². The number of para-hydroxylation sites is 2. The quantitative estimate of drug-likeness (QED) is 0.536. The summed E-state index contributed by atoms with van der Waals surface area (Å²) in [6.07, 6.45) is 0. The van der Waals surface area contributed by atoms with Crippen LogP contribution in [0.1, 0.15) is 0 Å². The van der Waals surface area contributed by atoms with Gasteiger partial charge in [0, 0.05) is 6.07 Å². The minimum absolute atomic E-state index is 0.0394. The van der Waals surface area contributed by atoms with Gasteiger partial charge < -0.3 is 0 Å². The van der Waals surface area contributed by atoms with E-state index in [9.17, 15) is 20.2 Å². The lowest BCUT2D eigenvalue weighted by Gasteiger charge is -2.07. The van der Waals surface area contributed by atoms with Crippen molar-refractivity contribution in [2.24, 2.45) is 0 Å². The van der Waals surface area contributed by atoms with Crippen LogP contribution in [0.4, 0.5) is 11.4 Å². The molecule has 0 fully saturated rings. The Labute approximate surface area is 78.8 Å². The number of nitrogens with zero attached hydrogens (tertiary/aromatic N) is 3. The van der Waals surface area contributed by atoms with Gasteiger partial charge in [0.2, 0.25) is 0 Å². The van der Waals surface area contributed by atoms with Crippen molar-refractivity contribution in [2.45, 2.75) is 0 Å². The summed E-state index contributed by atoms with van der Waals surface area (Å²) in [6, 6.07) is 5.49. The molecule has 7 nitrogen and oxygen atoms in total. The third kappa shape index (κ3) is 1.76. The molecule has 0 aromatic heterocycles. The molecule has 0 bridgehead atoms. The molecule has 1 aromatic rings. The number of nitro groups is 2. The van der Waals surface area contributed by atoms with Crippen molar-refractivity contribution < 1.29 is 9.96 Å². The van der Waals surface area contributed by atoms with Crippen LogP contribution in [0.3, 0.4) is 0 Å². The molecule has 1 aromatic carbocycles. The molecule has 0 atom stereocenters. The van der Waals surface area contributed by atoms with Crippen molar-refractivity contribution >= 4 is 11.4 Å². The van der Waals surface area contributed by atoms with Crippen molar-refractivity contribution in [2.75, 3.05) is 12.1 Å². The topological polar surface area (TPSA) is 89.5 Å². The van der Waals surface area contributed by atoms with Gasteiger partial charge in [0.05, 0.1) is 12.0 Å². The van der Waals surface area contributed by atoms with Crippen LogP contribution in [0, 0.1) is 20.2 Å². The van der Waals surface area contributed by atoms with Gasteiger partial charge in [-0.25, -0.2) is 10.1 Å². The number of hydrazine groups is 1. The van der Waals surface area contributed by atoms with E-state index in [0.29, 0.717) is 5.01 Å². The van der Waals surface area contributed by atoms with Gasteiger partial charge in [-0.2, -0.15) is 0 Å². The monoisotopic (exact) mass is 197 g/mol. The van der Waals surface area contributed by atoms with E-state index in [-0.39, 0.29) is 11.4 Å². The van der Waals surface area contributed by atoms with Crippen molar-refractivity contribution in [1.82, 2.24) is 0 Å². The number of rotatable bonds is 3. The number of anilines is 1. The number of hydrogen-bond acceptors (Lipinski definition) is 4. The molecule has 0 radical (unpaired) electrons. The van der Waals surface area contributed by atoms with Gasteiger partial charge in [-0.15, -0.1) is 0 Å². The van der Waals surface area contributed by atoms with Crippen molar-refractivity contribution in [3.63, 3.8) is 0 Å². The Balaban J connectivity index is 3.19. The molecule has 7 heteroatoms. The van der Waals surface area contributed by atoms with Crippen LogP contribution in [0.15, 0.2) is 24.3 Å². The summed E-state index contributed by atoms with van der Waals surface area (Å²) in [4.78, 5) is 20.2. The fourth-order valence-electron chi connectivity index (χ4n) is 0.980. The van der Waals surface area contributed by atoms with Crippen molar-refractivity contribution in [3.8, 4) is 0 Å². The minimum Gasteiger partial charge on any atom is -0.258 e. The fraction of sp³-hybridized carbons (Fsp3) is 0.143. The highest BCUT2D eigenvalue weighted by molar-refractivity contribution is 5.60. The van der Waals surface area contributed by atoms with E-state index in [0.717, 1.165) is 7.05 Å². The highest BCUT2D eigenvalue weighted by Crippen LogP contribution is 2.26. The molecule has 0 aliphatic rings. The Hall–Kier alpha value is -2.18. The van der Waals surface area contributed by atoms with Crippen molar-refractivity contribution in [3.05, 3.63) is 44.5 Å². The zero-order valence-corrected chi connectivity index (χ0v) is 7.28. The normalized spacial score (nSPS) is 9.50. The van der Waals surface area contributed by atoms with Gasteiger partial charge in [-0.3, -0.25) is 10.1 Å². The molecule has 0 saturated heterocycles. The van der Waals surface area contributed by atoms with E-state index in [1.54, 1.807) is 0 Å². The predicted molar refractivity (Wildman–Crippen MR) is 48.5 cm³/mol. The summed E-state index contributed by atoms with van der Waals surface area (Å²) < 4.78 is 0. The third-order valence-corrected chi connectivity index (χ3v) is 1.67. The highest BCUT2D eigenvalue weighted by atomic mass is 16.7. The van der Waals surface area contributed by atoms with E-state index in [2.05, 4.69) is 0 Å². The minimum atomic E-state index is -0.720. The van der Waals surface area contributed by atoms with Gasteiger partial charge in [-0.05, 0) is 6.07 Å². The lowest BCUT2D eigenvalue weighted by atomic mass is 10.2. The summed E-state index contributed by atoms with van der Waals surface area (Å²) in [5.41, 5.74) is -0.325. The summed E-state index contributed by atoms with van der Waals surface area (Å²) >= 11 is 0. The standard InChI is InChI=1S/C7H7N3O4/c1-8(10(13)14)6-4-2-3-5-7(6)9(11)12/h2-5H,1H3. The second-order valence-corrected chi connectivity index (χ2v) is 2.51. The Morgan fingerprint density at radius 1 is 1.21 bits per heavy atom. The number of nitro benzene ring substituents is 1. The molecule has 0 aliphatic heterocycles. The maximum absolute atomic E-state index is 10.5. The largest absolute Gasteiger partial charge is 0.298 e. The summed E-state index contributed by atoms with van der Waals surface area (Å²) in [5.74, 6) is 0. The molecule has 74 valence electrons. The van der Waals surface area contributed by atoms with Gasteiger partial charge in [0.1, 0.15) is 0 Å². The predicted octanol–water partition coefficient (Wildman–Crippen LogP) is 1.22. The average molecular weight is 197 g/mol.